The van der Waals surface area contributed by atoms with Crippen LogP contribution in [0.5, 0.6) is 0 Å². The van der Waals surface area contributed by atoms with Crippen LogP contribution in [0, 0.1) is 0 Å². The summed E-state index contributed by atoms with van der Waals surface area (Å²) in [6.45, 7) is 0. The average molecular weight is 346 g/mol. The van der Waals surface area contributed by atoms with Crippen molar-refractivity contribution in [3.8, 4) is 0 Å². The number of hydrogen-bond acceptors (Lipinski definition) is 3. The first-order valence-corrected chi connectivity index (χ1v) is 10.0. The van der Waals surface area contributed by atoms with E-state index in [2.05, 4.69) is 23.5 Å². The summed E-state index contributed by atoms with van der Waals surface area (Å²) in [5.74, 6) is -0.110. The minimum absolute atomic E-state index is 0.0981. The van der Waals surface area contributed by atoms with E-state index in [1.165, 1.54) is 30.6 Å². The number of thioether (sulfide) groups is 1. The van der Waals surface area contributed by atoms with E-state index < -0.39 is 6.10 Å². The second kappa shape index (κ2) is 8.72. The standard InChI is InChI=1S/C20H27NO2S/c22-18-11-5-4-10-17(18)21-20(23)14-13-15-7-1-6-12-19(15)24-16-8-2-3-9-16/h1,6-7,12-14,16-18,22H,2-5,8-11H2,(H,21,23). The Hall–Kier alpha value is -1.26. The second-order valence-electron chi connectivity index (χ2n) is 6.86. The molecular weight excluding hydrogens is 318 g/mol. The Bertz CT molecular complexity index is 581. The van der Waals surface area contributed by atoms with Gasteiger partial charge in [0.05, 0.1) is 12.1 Å². The van der Waals surface area contributed by atoms with E-state index in [9.17, 15) is 9.90 Å². The molecule has 24 heavy (non-hydrogen) atoms. The number of rotatable bonds is 5. The van der Waals surface area contributed by atoms with Gasteiger partial charge in [0.2, 0.25) is 5.91 Å². The molecule has 3 rings (SSSR count). The van der Waals surface area contributed by atoms with Crippen molar-refractivity contribution in [1.29, 1.82) is 0 Å². The fraction of sp³-hybridized carbons (Fsp3) is 0.550. The Morgan fingerprint density at radius 2 is 1.79 bits per heavy atom. The fourth-order valence-electron chi connectivity index (χ4n) is 3.59. The molecule has 0 spiro atoms. The Morgan fingerprint density at radius 1 is 1.08 bits per heavy atom. The molecule has 0 bridgehead atoms. The number of nitrogens with one attached hydrogen (secondary N) is 1. The first kappa shape index (κ1) is 17.6. The summed E-state index contributed by atoms with van der Waals surface area (Å²) in [5, 5.41) is 13.6. The zero-order valence-corrected chi connectivity index (χ0v) is 14.9. The molecule has 2 unspecified atom stereocenters. The highest BCUT2D eigenvalue weighted by atomic mass is 32.2. The molecule has 2 fully saturated rings. The van der Waals surface area contributed by atoms with E-state index in [1.807, 2.05) is 23.9 Å². The lowest BCUT2D eigenvalue weighted by molar-refractivity contribution is -0.118. The van der Waals surface area contributed by atoms with Crippen molar-refractivity contribution >= 4 is 23.7 Å². The van der Waals surface area contributed by atoms with Gasteiger partial charge in [-0.1, -0.05) is 43.9 Å². The molecule has 2 N–H and O–H groups in total. The van der Waals surface area contributed by atoms with Crippen LogP contribution in [-0.4, -0.2) is 28.4 Å². The van der Waals surface area contributed by atoms with Crippen molar-refractivity contribution in [2.24, 2.45) is 0 Å². The lowest BCUT2D eigenvalue weighted by Crippen LogP contribution is -2.44. The van der Waals surface area contributed by atoms with Crippen LogP contribution < -0.4 is 5.32 Å². The molecule has 0 heterocycles. The van der Waals surface area contributed by atoms with E-state index in [-0.39, 0.29) is 11.9 Å². The van der Waals surface area contributed by atoms with Crippen LogP contribution in [0.15, 0.2) is 35.2 Å². The third kappa shape index (κ3) is 4.87. The molecule has 2 saturated carbocycles. The van der Waals surface area contributed by atoms with Gasteiger partial charge >= 0.3 is 0 Å². The maximum Gasteiger partial charge on any atom is 0.244 e. The van der Waals surface area contributed by atoms with Crippen LogP contribution in [0.25, 0.3) is 6.08 Å². The summed E-state index contributed by atoms with van der Waals surface area (Å²) in [5.41, 5.74) is 1.11. The molecule has 4 heteroatoms. The van der Waals surface area contributed by atoms with Gasteiger partial charge in [0.25, 0.3) is 0 Å². The van der Waals surface area contributed by atoms with Crippen LogP contribution in [0.2, 0.25) is 0 Å². The minimum atomic E-state index is -0.402. The van der Waals surface area contributed by atoms with E-state index in [4.69, 9.17) is 0 Å². The van der Waals surface area contributed by atoms with Gasteiger partial charge in [-0.3, -0.25) is 4.79 Å². The molecule has 130 valence electrons. The van der Waals surface area contributed by atoms with Crippen molar-refractivity contribution in [1.82, 2.24) is 5.32 Å². The number of benzene rings is 1. The first-order chi connectivity index (χ1) is 11.7. The zero-order chi connectivity index (χ0) is 16.8. The van der Waals surface area contributed by atoms with E-state index >= 15 is 0 Å². The van der Waals surface area contributed by atoms with Gasteiger partial charge in [0.1, 0.15) is 0 Å². The maximum atomic E-state index is 12.2. The van der Waals surface area contributed by atoms with Gasteiger partial charge in [0, 0.05) is 16.2 Å². The molecule has 2 atom stereocenters. The molecule has 1 aromatic carbocycles. The topological polar surface area (TPSA) is 49.3 Å². The molecular formula is C20H27NO2S. The molecule has 2 aliphatic carbocycles. The number of carbonyl (C=O) groups is 1. The third-order valence-corrected chi connectivity index (χ3v) is 6.42. The minimum Gasteiger partial charge on any atom is -0.391 e. The highest BCUT2D eigenvalue weighted by Crippen LogP contribution is 2.36. The number of aliphatic hydroxyl groups is 1. The van der Waals surface area contributed by atoms with Crippen LogP contribution >= 0.6 is 11.8 Å². The third-order valence-electron chi connectivity index (χ3n) is 4.99. The number of aliphatic hydroxyl groups excluding tert-OH is 1. The summed E-state index contributed by atoms with van der Waals surface area (Å²) in [4.78, 5) is 13.4. The Balaban J connectivity index is 1.59. The van der Waals surface area contributed by atoms with Gasteiger partial charge in [0.15, 0.2) is 0 Å². The van der Waals surface area contributed by atoms with Gasteiger partial charge in [-0.15, -0.1) is 11.8 Å². The zero-order valence-electron chi connectivity index (χ0n) is 14.1. The highest BCUT2D eigenvalue weighted by molar-refractivity contribution is 8.00. The summed E-state index contributed by atoms with van der Waals surface area (Å²) in [6.07, 6.45) is 12.2. The molecule has 0 radical (unpaired) electrons. The molecule has 0 aromatic heterocycles. The number of amides is 1. The molecule has 0 saturated heterocycles. The summed E-state index contributed by atoms with van der Waals surface area (Å²) in [7, 11) is 0. The smallest absolute Gasteiger partial charge is 0.244 e. The van der Waals surface area contributed by atoms with Crippen molar-refractivity contribution in [3.05, 3.63) is 35.9 Å². The number of hydrogen-bond donors (Lipinski definition) is 2. The summed E-state index contributed by atoms with van der Waals surface area (Å²) >= 11 is 1.94. The van der Waals surface area contributed by atoms with E-state index in [1.54, 1.807) is 6.08 Å². The normalized spacial score (nSPS) is 25.2. The van der Waals surface area contributed by atoms with Crippen molar-refractivity contribution in [2.75, 3.05) is 0 Å². The first-order valence-electron chi connectivity index (χ1n) is 9.15. The Labute approximate surface area is 148 Å². The Morgan fingerprint density at radius 3 is 2.58 bits per heavy atom. The molecule has 1 amide bonds. The predicted octanol–water partition coefficient (Wildman–Crippen LogP) is 4.15. The SMILES string of the molecule is O=C(C=Cc1ccccc1SC1CCCC1)NC1CCCCC1O. The monoisotopic (exact) mass is 345 g/mol. The largest absolute Gasteiger partial charge is 0.391 e. The van der Waals surface area contributed by atoms with E-state index in [0.717, 1.165) is 31.2 Å². The maximum absolute atomic E-state index is 12.2. The van der Waals surface area contributed by atoms with Gasteiger partial charge in [-0.25, -0.2) is 0 Å². The Kier molecular flexibility index (Phi) is 6.38. The second-order valence-corrected chi connectivity index (χ2v) is 8.20. The fourth-order valence-corrected chi connectivity index (χ4v) is 4.94. The van der Waals surface area contributed by atoms with Crippen molar-refractivity contribution in [3.63, 3.8) is 0 Å². The quantitative estimate of drug-likeness (QED) is 0.788. The van der Waals surface area contributed by atoms with Crippen molar-refractivity contribution < 1.29 is 9.90 Å². The van der Waals surface area contributed by atoms with Crippen LogP contribution in [0.1, 0.15) is 56.9 Å². The lowest BCUT2D eigenvalue weighted by atomic mass is 9.92. The van der Waals surface area contributed by atoms with Gasteiger partial charge in [-0.05, 0) is 43.4 Å². The van der Waals surface area contributed by atoms with Crippen molar-refractivity contribution in [2.45, 2.75) is 73.7 Å². The summed E-state index contributed by atoms with van der Waals surface area (Å²) in [6, 6.07) is 8.19. The molecule has 0 aliphatic heterocycles. The predicted molar refractivity (Wildman–Crippen MR) is 100.0 cm³/mol. The van der Waals surface area contributed by atoms with Crippen LogP contribution in [0.3, 0.4) is 0 Å². The van der Waals surface area contributed by atoms with Crippen LogP contribution in [-0.2, 0) is 4.79 Å². The number of carbonyl (C=O) groups excluding carboxylic acids is 1. The van der Waals surface area contributed by atoms with Gasteiger partial charge in [-0.2, -0.15) is 0 Å². The highest BCUT2D eigenvalue weighted by Gasteiger charge is 2.23. The van der Waals surface area contributed by atoms with E-state index in [0.29, 0.717) is 5.25 Å². The van der Waals surface area contributed by atoms with Gasteiger partial charge < -0.3 is 10.4 Å². The molecule has 1 aromatic rings. The summed E-state index contributed by atoms with van der Waals surface area (Å²) < 4.78 is 0. The molecule has 2 aliphatic rings. The lowest BCUT2D eigenvalue weighted by Gasteiger charge is -2.27. The average Bonchev–Trinajstić information content (AvgIpc) is 3.09. The van der Waals surface area contributed by atoms with Crippen LogP contribution in [0.4, 0.5) is 0 Å². The molecule has 3 nitrogen and oxygen atoms in total.